The molecule has 0 aliphatic rings. The average molecular weight is 327 g/mol. The van der Waals surface area contributed by atoms with Crippen molar-refractivity contribution in [3.05, 3.63) is 59.6 Å². The van der Waals surface area contributed by atoms with E-state index < -0.39 is 0 Å². The predicted octanol–water partition coefficient (Wildman–Crippen LogP) is 3.17. The van der Waals surface area contributed by atoms with Gasteiger partial charge in [-0.25, -0.2) is 9.78 Å². The number of carbonyl (C=O) groups excluding carboxylic acids is 1. The van der Waals surface area contributed by atoms with Gasteiger partial charge in [0.25, 0.3) is 0 Å². The van der Waals surface area contributed by atoms with E-state index >= 15 is 0 Å². The Morgan fingerprint density at radius 1 is 1.04 bits per heavy atom. The van der Waals surface area contributed by atoms with Crippen LogP contribution in [0.2, 0.25) is 0 Å². The summed E-state index contributed by atoms with van der Waals surface area (Å²) in [6.07, 6.45) is 0. The van der Waals surface area contributed by atoms with Crippen LogP contribution < -0.4 is 15.4 Å². The molecular formula is C17H17N3O2S. The first-order chi connectivity index (χ1) is 11.3. The van der Waals surface area contributed by atoms with Gasteiger partial charge in [-0.15, -0.1) is 11.3 Å². The lowest BCUT2D eigenvalue weighted by molar-refractivity contribution is 0.236. The fourth-order valence-corrected chi connectivity index (χ4v) is 2.97. The normalized spacial score (nSPS) is 10.4. The van der Waals surface area contributed by atoms with E-state index in [4.69, 9.17) is 4.74 Å². The minimum absolute atomic E-state index is 0.221. The smallest absolute Gasteiger partial charge is 0.315 e. The first-order valence-electron chi connectivity index (χ1n) is 7.35. The number of carbonyl (C=O) groups is 1. The molecule has 2 amide bonds. The topological polar surface area (TPSA) is 63.2 Å². The summed E-state index contributed by atoms with van der Waals surface area (Å²) in [6, 6.07) is 17.2. The van der Waals surface area contributed by atoms with Gasteiger partial charge in [0.15, 0.2) is 0 Å². The molecule has 1 aromatic heterocycles. The third-order valence-electron chi connectivity index (χ3n) is 3.14. The second-order valence-corrected chi connectivity index (χ2v) is 5.96. The van der Waals surface area contributed by atoms with Crippen molar-refractivity contribution >= 4 is 27.6 Å². The number of fused-ring (bicyclic) bond motifs is 1. The highest BCUT2D eigenvalue weighted by Gasteiger charge is 2.05. The maximum Gasteiger partial charge on any atom is 0.315 e. The Morgan fingerprint density at radius 2 is 1.83 bits per heavy atom. The van der Waals surface area contributed by atoms with Crippen LogP contribution in [0, 0.1) is 0 Å². The SMILES string of the molecule is O=C(NCCOc1ccccc1)NCc1nc2ccccc2s1. The van der Waals surface area contributed by atoms with Crippen LogP contribution in [0.4, 0.5) is 4.79 Å². The molecule has 5 nitrogen and oxygen atoms in total. The zero-order valence-corrected chi connectivity index (χ0v) is 13.3. The van der Waals surface area contributed by atoms with Crippen LogP contribution in [0.15, 0.2) is 54.6 Å². The monoisotopic (exact) mass is 327 g/mol. The maximum atomic E-state index is 11.7. The Kier molecular flexibility index (Phi) is 5.06. The van der Waals surface area contributed by atoms with Crippen LogP contribution in [0.1, 0.15) is 5.01 Å². The summed E-state index contributed by atoms with van der Waals surface area (Å²) < 4.78 is 6.63. The van der Waals surface area contributed by atoms with E-state index in [1.807, 2.05) is 54.6 Å². The number of rotatable bonds is 6. The number of ether oxygens (including phenoxy) is 1. The van der Waals surface area contributed by atoms with Gasteiger partial charge in [-0.3, -0.25) is 0 Å². The van der Waals surface area contributed by atoms with Crippen molar-refractivity contribution in [2.24, 2.45) is 0 Å². The van der Waals surface area contributed by atoms with Crippen molar-refractivity contribution in [2.75, 3.05) is 13.2 Å². The number of para-hydroxylation sites is 2. The van der Waals surface area contributed by atoms with E-state index in [-0.39, 0.29) is 6.03 Å². The molecule has 0 saturated carbocycles. The van der Waals surface area contributed by atoms with Crippen molar-refractivity contribution in [3.63, 3.8) is 0 Å². The van der Waals surface area contributed by atoms with Gasteiger partial charge in [0, 0.05) is 0 Å². The van der Waals surface area contributed by atoms with Gasteiger partial charge < -0.3 is 15.4 Å². The van der Waals surface area contributed by atoms with Crippen LogP contribution in [-0.2, 0) is 6.54 Å². The van der Waals surface area contributed by atoms with Gasteiger partial charge in [0.05, 0.1) is 23.3 Å². The Balaban J connectivity index is 1.38. The second kappa shape index (κ2) is 7.60. The standard InChI is InChI=1S/C17H17N3O2S/c21-17(18-10-11-22-13-6-2-1-3-7-13)19-12-16-20-14-8-4-5-9-15(14)23-16/h1-9H,10-12H2,(H2,18,19,21). The average Bonchev–Trinajstić information content (AvgIpc) is 3.01. The number of hydrogen-bond donors (Lipinski definition) is 2. The number of nitrogens with zero attached hydrogens (tertiary/aromatic N) is 1. The third-order valence-corrected chi connectivity index (χ3v) is 4.17. The highest BCUT2D eigenvalue weighted by Crippen LogP contribution is 2.21. The van der Waals surface area contributed by atoms with Crippen molar-refractivity contribution in [1.82, 2.24) is 15.6 Å². The summed E-state index contributed by atoms with van der Waals surface area (Å²) in [5, 5.41) is 6.45. The molecule has 0 atom stereocenters. The van der Waals surface area contributed by atoms with Gasteiger partial charge in [0.2, 0.25) is 0 Å². The first kappa shape index (κ1) is 15.3. The van der Waals surface area contributed by atoms with Gasteiger partial charge in [-0.1, -0.05) is 30.3 Å². The van der Waals surface area contributed by atoms with E-state index in [1.165, 1.54) is 0 Å². The van der Waals surface area contributed by atoms with Crippen molar-refractivity contribution in [2.45, 2.75) is 6.54 Å². The molecule has 2 aromatic carbocycles. The van der Waals surface area contributed by atoms with Crippen LogP contribution in [0.25, 0.3) is 10.2 Å². The summed E-state index contributed by atoms with van der Waals surface area (Å²) in [5.74, 6) is 0.796. The molecule has 23 heavy (non-hydrogen) atoms. The summed E-state index contributed by atoms with van der Waals surface area (Å²) in [7, 11) is 0. The predicted molar refractivity (Wildman–Crippen MR) is 91.8 cm³/mol. The third kappa shape index (κ3) is 4.43. The molecule has 2 N–H and O–H groups in total. The van der Waals surface area contributed by atoms with E-state index in [9.17, 15) is 4.79 Å². The molecule has 0 saturated heterocycles. The molecule has 118 valence electrons. The van der Waals surface area contributed by atoms with Crippen molar-refractivity contribution < 1.29 is 9.53 Å². The Hall–Kier alpha value is -2.60. The van der Waals surface area contributed by atoms with E-state index in [0.717, 1.165) is 21.0 Å². The zero-order valence-electron chi connectivity index (χ0n) is 12.5. The molecule has 0 spiro atoms. The van der Waals surface area contributed by atoms with E-state index in [2.05, 4.69) is 15.6 Å². The number of amides is 2. The van der Waals surface area contributed by atoms with Crippen molar-refractivity contribution in [3.8, 4) is 5.75 Å². The van der Waals surface area contributed by atoms with Gasteiger partial charge in [-0.2, -0.15) is 0 Å². The lowest BCUT2D eigenvalue weighted by Crippen LogP contribution is -2.37. The highest BCUT2D eigenvalue weighted by molar-refractivity contribution is 7.18. The summed E-state index contributed by atoms with van der Waals surface area (Å²) in [5.41, 5.74) is 0.964. The maximum absolute atomic E-state index is 11.7. The quantitative estimate of drug-likeness (QED) is 0.684. The molecule has 0 aliphatic carbocycles. The molecular weight excluding hydrogens is 310 g/mol. The minimum Gasteiger partial charge on any atom is -0.492 e. The highest BCUT2D eigenvalue weighted by atomic mass is 32.1. The number of hydrogen-bond acceptors (Lipinski definition) is 4. The van der Waals surface area contributed by atoms with Crippen molar-refractivity contribution in [1.29, 1.82) is 0 Å². The minimum atomic E-state index is -0.221. The van der Waals surface area contributed by atoms with E-state index in [1.54, 1.807) is 11.3 Å². The lowest BCUT2D eigenvalue weighted by atomic mass is 10.3. The number of benzene rings is 2. The molecule has 0 aliphatic heterocycles. The summed E-state index contributed by atoms with van der Waals surface area (Å²) >= 11 is 1.59. The molecule has 3 rings (SSSR count). The number of urea groups is 1. The Morgan fingerprint density at radius 3 is 2.65 bits per heavy atom. The van der Waals surface area contributed by atoms with Gasteiger partial charge in [0.1, 0.15) is 17.4 Å². The summed E-state index contributed by atoms with van der Waals surface area (Å²) in [4.78, 5) is 16.2. The van der Waals surface area contributed by atoms with Crippen LogP contribution in [0.5, 0.6) is 5.75 Å². The molecule has 0 bridgehead atoms. The lowest BCUT2D eigenvalue weighted by Gasteiger charge is -2.08. The first-order valence-corrected chi connectivity index (χ1v) is 8.17. The van der Waals surface area contributed by atoms with Gasteiger partial charge in [-0.05, 0) is 24.3 Å². The Labute approximate surface area is 138 Å². The molecule has 0 unspecified atom stereocenters. The second-order valence-electron chi connectivity index (χ2n) is 4.85. The van der Waals surface area contributed by atoms with Crippen LogP contribution in [-0.4, -0.2) is 24.2 Å². The molecule has 0 radical (unpaired) electrons. The van der Waals surface area contributed by atoms with E-state index in [0.29, 0.717) is 19.7 Å². The van der Waals surface area contributed by atoms with Gasteiger partial charge >= 0.3 is 6.03 Å². The fraction of sp³-hybridized carbons (Fsp3) is 0.176. The molecule has 3 aromatic rings. The number of thiazole rings is 1. The molecule has 6 heteroatoms. The zero-order chi connectivity index (χ0) is 15.9. The van der Waals surface area contributed by atoms with Crippen LogP contribution in [0.3, 0.4) is 0 Å². The largest absolute Gasteiger partial charge is 0.492 e. The van der Waals surface area contributed by atoms with Crippen LogP contribution >= 0.6 is 11.3 Å². The number of nitrogens with one attached hydrogen (secondary N) is 2. The summed E-state index contributed by atoms with van der Waals surface area (Å²) in [6.45, 7) is 1.30. The fourth-order valence-electron chi connectivity index (χ4n) is 2.06. The molecule has 1 heterocycles. The Bertz CT molecular complexity index is 741. The molecule has 0 fully saturated rings. The number of aromatic nitrogens is 1.